The zero-order chi connectivity index (χ0) is 22.8. The summed E-state index contributed by atoms with van der Waals surface area (Å²) in [6.45, 7) is 3.67. The van der Waals surface area contributed by atoms with Crippen LogP contribution in [-0.4, -0.2) is 36.5 Å². The molecule has 0 fully saturated rings. The fraction of sp³-hybridized carbons (Fsp3) is 0.909. The van der Waals surface area contributed by atoms with Crippen LogP contribution in [0.3, 0.4) is 0 Å². The Morgan fingerprint density at radius 3 is 1.53 bits per heavy atom. The molecule has 0 heterocycles. The molecule has 0 radical (unpaired) electrons. The number of phosphoric acid groups is 1. The number of aliphatic hydroxyl groups excluding tert-OH is 2. The highest BCUT2D eigenvalue weighted by molar-refractivity contribution is 7.43. The Kier molecular flexibility index (Phi) is 28.2. The summed E-state index contributed by atoms with van der Waals surface area (Å²) in [5.41, 5.74) is 0. The van der Waals surface area contributed by atoms with Crippen molar-refractivity contribution in [2.75, 3.05) is 26.3 Å². The van der Waals surface area contributed by atoms with Crippen LogP contribution in [0.5, 0.6) is 0 Å². The summed E-state index contributed by atoms with van der Waals surface area (Å²) in [7, 11) is -4.84. The first-order chi connectivity index (χ1) is 14.5. The number of hydrogen-bond acceptors (Lipinski definition) is 7. The first-order valence-electron chi connectivity index (χ1n) is 11.8. The maximum absolute atomic E-state index is 10.2. The minimum Gasteiger partial charge on any atom is -0.780 e. The number of hydrogen-bond donors (Lipinski definition) is 3. The van der Waals surface area contributed by atoms with E-state index in [0.29, 0.717) is 13.1 Å². The second-order valence-corrected chi connectivity index (χ2v) is 8.61. The fourth-order valence-electron chi connectivity index (χ4n) is 2.93. The van der Waals surface area contributed by atoms with E-state index < -0.39 is 7.82 Å². The fourth-order valence-corrected chi connectivity index (χ4v) is 3.16. The normalized spacial score (nSPS) is 11.5. The molecule has 7 nitrogen and oxygen atoms in total. The molecule has 0 spiro atoms. The highest BCUT2D eigenvalue weighted by Gasteiger charge is 1.94. The maximum Gasteiger partial charge on any atom is 0.113 e. The molecular formula is C22H46NO6P-2. The van der Waals surface area contributed by atoms with Gasteiger partial charge in [-0.15, -0.1) is 0 Å². The number of nitrogens with one attached hydrogen (secondary N) is 1. The average Bonchev–Trinajstić information content (AvgIpc) is 2.70. The van der Waals surface area contributed by atoms with Gasteiger partial charge < -0.3 is 34.4 Å². The van der Waals surface area contributed by atoms with E-state index in [4.69, 9.17) is 10.2 Å². The van der Waals surface area contributed by atoms with Crippen LogP contribution in [-0.2, 0) is 9.09 Å². The molecule has 0 rings (SSSR count). The van der Waals surface area contributed by atoms with Gasteiger partial charge in [-0.2, -0.15) is 0 Å². The van der Waals surface area contributed by atoms with E-state index in [1.807, 2.05) is 0 Å². The predicted molar refractivity (Wildman–Crippen MR) is 120 cm³/mol. The van der Waals surface area contributed by atoms with Gasteiger partial charge in [-0.25, -0.2) is 0 Å². The topological polar surface area (TPSA) is 125 Å². The van der Waals surface area contributed by atoms with Crippen molar-refractivity contribution < 1.29 is 29.1 Å². The van der Waals surface area contributed by atoms with Gasteiger partial charge in [-0.3, -0.25) is 0 Å². The summed E-state index contributed by atoms with van der Waals surface area (Å²) in [6, 6.07) is 0. The van der Waals surface area contributed by atoms with Crippen LogP contribution in [0.2, 0.25) is 0 Å². The van der Waals surface area contributed by atoms with Gasteiger partial charge in [0.25, 0.3) is 0 Å². The molecule has 8 heteroatoms. The smallest absolute Gasteiger partial charge is 0.113 e. The Morgan fingerprint density at radius 1 is 0.767 bits per heavy atom. The van der Waals surface area contributed by atoms with Gasteiger partial charge in [0.1, 0.15) is 7.82 Å². The quantitative estimate of drug-likeness (QED) is 0.138. The summed E-state index contributed by atoms with van der Waals surface area (Å²) in [4.78, 5) is 20.4. The number of allylic oxidation sites excluding steroid dienone is 1. The summed E-state index contributed by atoms with van der Waals surface area (Å²) in [5, 5.41) is 19.1. The zero-order valence-electron chi connectivity index (χ0n) is 19.1. The van der Waals surface area contributed by atoms with Crippen LogP contribution in [0.25, 0.3) is 0 Å². The molecular weight excluding hydrogens is 405 g/mol. The molecule has 0 aliphatic rings. The van der Waals surface area contributed by atoms with Crippen LogP contribution in [0.15, 0.2) is 12.3 Å². The highest BCUT2D eigenvalue weighted by atomic mass is 31.2. The van der Waals surface area contributed by atoms with Crippen molar-refractivity contribution in [3.8, 4) is 0 Å². The van der Waals surface area contributed by atoms with Gasteiger partial charge in [0.2, 0.25) is 0 Å². The first-order valence-corrected chi connectivity index (χ1v) is 13.2. The largest absolute Gasteiger partial charge is 0.780 e. The van der Waals surface area contributed by atoms with Crippen LogP contribution in [0.4, 0.5) is 0 Å². The highest BCUT2D eigenvalue weighted by Crippen LogP contribution is 2.24. The van der Waals surface area contributed by atoms with E-state index in [0.717, 1.165) is 25.5 Å². The van der Waals surface area contributed by atoms with Crippen LogP contribution >= 0.6 is 7.82 Å². The van der Waals surface area contributed by atoms with E-state index in [1.54, 1.807) is 6.08 Å². The first kappa shape index (κ1) is 31.8. The van der Waals surface area contributed by atoms with Crippen LogP contribution in [0.1, 0.15) is 103 Å². The standard InChI is InChI=1S/C18H37O4P.C4H11NO2/c1-2-3-4-5-6-7-8-9-10-11-12-13-14-15-16-17-18-22-23(19,20)21;6-3-1-5-2-4-7/h17-18H,2-16H2,1H3,(H2,19,20,21);5-7H,1-4H2/p-2. The second-order valence-electron chi connectivity index (χ2n) is 7.51. The van der Waals surface area contributed by atoms with Gasteiger partial charge in [0.05, 0.1) is 19.5 Å². The molecule has 3 N–H and O–H groups in total. The van der Waals surface area contributed by atoms with Crippen molar-refractivity contribution in [2.24, 2.45) is 0 Å². The SMILES string of the molecule is CCCCCCCCCCCCCCCCC=COP(=O)([O-])[O-].OCCNCCO. The van der Waals surface area contributed by atoms with Crippen LogP contribution < -0.4 is 15.1 Å². The van der Waals surface area contributed by atoms with Crippen LogP contribution in [0, 0.1) is 0 Å². The molecule has 0 aromatic rings. The van der Waals surface area contributed by atoms with E-state index >= 15 is 0 Å². The Hall–Kier alpha value is -0.430. The summed E-state index contributed by atoms with van der Waals surface area (Å²) in [6.07, 6.45) is 21.8. The van der Waals surface area contributed by atoms with Crippen molar-refractivity contribution in [1.29, 1.82) is 0 Å². The zero-order valence-corrected chi connectivity index (χ0v) is 20.0. The van der Waals surface area contributed by atoms with E-state index in [-0.39, 0.29) is 13.2 Å². The molecule has 0 bridgehead atoms. The van der Waals surface area contributed by atoms with E-state index in [1.165, 1.54) is 77.0 Å². The average molecular weight is 452 g/mol. The third-order valence-electron chi connectivity index (χ3n) is 4.59. The van der Waals surface area contributed by atoms with Crippen molar-refractivity contribution in [2.45, 2.75) is 103 Å². The van der Waals surface area contributed by atoms with Gasteiger partial charge in [0.15, 0.2) is 0 Å². The number of unbranched alkanes of at least 4 members (excludes halogenated alkanes) is 14. The molecule has 0 saturated heterocycles. The lowest BCUT2D eigenvalue weighted by Crippen LogP contribution is -2.21. The van der Waals surface area contributed by atoms with Gasteiger partial charge in [-0.1, -0.05) is 90.4 Å². The lowest BCUT2D eigenvalue weighted by atomic mass is 10.0. The monoisotopic (exact) mass is 451 g/mol. The Bertz CT molecular complexity index is 386. The van der Waals surface area contributed by atoms with Crippen molar-refractivity contribution in [1.82, 2.24) is 5.32 Å². The van der Waals surface area contributed by atoms with E-state index in [2.05, 4.69) is 16.8 Å². The molecule has 0 atom stereocenters. The Morgan fingerprint density at radius 2 is 1.17 bits per heavy atom. The summed E-state index contributed by atoms with van der Waals surface area (Å²) < 4.78 is 14.2. The molecule has 0 aromatic carbocycles. The third-order valence-corrected chi connectivity index (χ3v) is 4.97. The lowest BCUT2D eigenvalue weighted by molar-refractivity contribution is -0.337. The number of rotatable bonds is 21. The van der Waals surface area contributed by atoms with Gasteiger partial charge in [-0.05, 0) is 18.9 Å². The summed E-state index contributed by atoms with van der Waals surface area (Å²) in [5.74, 6) is 0. The molecule has 0 amide bonds. The minimum absolute atomic E-state index is 0.139. The molecule has 182 valence electrons. The molecule has 0 unspecified atom stereocenters. The summed E-state index contributed by atoms with van der Waals surface area (Å²) >= 11 is 0. The predicted octanol–water partition coefficient (Wildman–Crippen LogP) is 3.78. The molecule has 0 saturated carbocycles. The minimum atomic E-state index is -4.84. The molecule has 0 aromatic heterocycles. The molecule has 0 aliphatic carbocycles. The van der Waals surface area contributed by atoms with E-state index in [9.17, 15) is 14.4 Å². The third kappa shape index (κ3) is 35.0. The number of phosphoric ester groups is 1. The van der Waals surface area contributed by atoms with Gasteiger partial charge in [0, 0.05) is 13.1 Å². The second kappa shape index (κ2) is 26.6. The van der Waals surface area contributed by atoms with Crippen molar-refractivity contribution in [3.05, 3.63) is 12.3 Å². The lowest BCUT2D eigenvalue weighted by Gasteiger charge is -2.26. The Labute approximate surface area is 184 Å². The van der Waals surface area contributed by atoms with Crippen molar-refractivity contribution in [3.63, 3.8) is 0 Å². The van der Waals surface area contributed by atoms with Gasteiger partial charge >= 0.3 is 0 Å². The maximum atomic E-state index is 10.2. The molecule has 30 heavy (non-hydrogen) atoms. The Balaban J connectivity index is 0. The van der Waals surface area contributed by atoms with Crippen molar-refractivity contribution >= 4 is 7.82 Å². The number of aliphatic hydroxyl groups is 2. The molecule has 0 aliphatic heterocycles.